The van der Waals surface area contributed by atoms with Crippen molar-refractivity contribution in [2.45, 2.75) is 57.5 Å². The highest BCUT2D eigenvalue weighted by Gasteiger charge is 2.36. The number of rotatable bonds is 5. The van der Waals surface area contributed by atoms with Crippen LogP contribution in [0.2, 0.25) is 0 Å². The van der Waals surface area contributed by atoms with Gasteiger partial charge in [-0.2, -0.15) is 0 Å². The second kappa shape index (κ2) is 5.31. The maximum absolute atomic E-state index is 3.50. The molecule has 2 nitrogen and oxygen atoms in total. The summed E-state index contributed by atoms with van der Waals surface area (Å²) in [5.74, 6) is 0.926. The van der Waals surface area contributed by atoms with E-state index >= 15 is 0 Å². The van der Waals surface area contributed by atoms with Gasteiger partial charge in [0.25, 0.3) is 0 Å². The molecule has 2 saturated carbocycles. The average Bonchev–Trinajstić information content (AvgIpc) is 2.69. The molecule has 0 saturated heterocycles. The Bertz CT molecular complexity index is 187. The maximum atomic E-state index is 3.50. The summed E-state index contributed by atoms with van der Waals surface area (Å²) in [6.07, 6.45) is 8.68. The lowest BCUT2D eigenvalue weighted by atomic mass is 9.78. The van der Waals surface area contributed by atoms with Crippen LogP contribution in [0.3, 0.4) is 0 Å². The summed E-state index contributed by atoms with van der Waals surface area (Å²) in [7, 11) is 2.36. The van der Waals surface area contributed by atoms with Gasteiger partial charge in [-0.15, -0.1) is 0 Å². The topological polar surface area (TPSA) is 15.3 Å². The van der Waals surface area contributed by atoms with Gasteiger partial charge in [-0.3, -0.25) is 0 Å². The summed E-state index contributed by atoms with van der Waals surface area (Å²) in [5, 5.41) is 3.50. The molecule has 0 aromatic rings. The van der Waals surface area contributed by atoms with Crippen molar-refractivity contribution < 1.29 is 0 Å². The van der Waals surface area contributed by atoms with Gasteiger partial charge in [0.2, 0.25) is 0 Å². The van der Waals surface area contributed by atoms with Crippen molar-refractivity contribution in [3.63, 3.8) is 0 Å². The Hall–Kier alpha value is -0.0800. The second-order valence-electron chi connectivity index (χ2n) is 5.32. The van der Waals surface area contributed by atoms with Crippen molar-refractivity contribution in [3.05, 3.63) is 0 Å². The molecule has 2 heteroatoms. The molecule has 0 radical (unpaired) electrons. The third-order valence-corrected chi connectivity index (χ3v) is 4.46. The molecule has 88 valence electrons. The Morgan fingerprint density at radius 1 is 1.13 bits per heavy atom. The van der Waals surface area contributed by atoms with Crippen molar-refractivity contribution >= 4 is 0 Å². The smallest absolute Gasteiger partial charge is 0.0136 e. The minimum absolute atomic E-state index is 0.882. The van der Waals surface area contributed by atoms with Crippen LogP contribution in [0.5, 0.6) is 0 Å². The lowest BCUT2D eigenvalue weighted by Gasteiger charge is -2.45. The Kier molecular flexibility index (Phi) is 4.04. The predicted octanol–water partition coefficient (Wildman–Crippen LogP) is 2.25. The average molecular weight is 210 g/mol. The molecular formula is C13H26N2. The van der Waals surface area contributed by atoms with Gasteiger partial charge in [-0.1, -0.05) is 19.8 Å². The van der Waals surface area contributed by atoms with Crippen LogP contribution in [-0.4, -0.2) is 37.1 Å². The van der Waals surface area contributed by atoms with Crippen LogP contribution in [0.15, 0.2) is 0 Å². The highest BCUT2D eigenvalue weighted by Crippen LogP contribution is 2.35. The van der Waals surface area contributed by atoms with E-state index in [1.807, 2.05) is 0 Å². The molecule has 2 fully saturated rings. The zero-order chi connectivity index (χ0) is 10.7. The van der Waals surface area contributed by atoms with E-state index in [1.54, 1.807) is 0 Å². The molecule has 15 heavy (non-hydrogen) atoms. The minimum atomic E-state index is 0.882. The fourth-order valence-electron chi connectivity index (χ4n) is 3.24. The van der Waals surface area contributed by atoms with Crippen molar-refractivity contribution in [3.8, 4) is 0 Å². The van der Waals surface area contributed by atoms with E-state index in [0.717, 1.165) is 24.5 Å². The Morgan fingerprint density at radius 2 is 1.87 bits per heavy atom. The molecule has 0 spiro atoms. The summed E-state index contributed by atoms with van der Waals surface area (Å²) in [5.41, 5.74) is 0. The first-order valence-corrected chi connectivity index (χ1v) is 6.75. The molecule has 2 rings (SSSR count). The van der Waals surface area contributed by atoms with E-state index in [0.29, 0.717) is 0 Å². The van der Waals surface area contributed by atoms with Crippen molar-refractivity contribution in [2.24, 2.45) is 5.92 Å². The van der Waals surface area contributed by atoms with E-state index in [9.17, 15) is 0 Å². The molecule has 2 atom stereocenters. The summed E-state index contributed by atoms with van der Waals surface area (Å²) in [6.45, 7) is 4.56. The van der Waals surface area contributed by atoms with Crippen LogP contribution < -0.4 is 5.32 Å². The third-order valence-electron chi connectivity index (χ3n) is 4.46. The van der Waals surface area contributed by atoms with Gasteiger partial charge >= 0.3 is 0 Å². The Labute approximate surface area is 94.4 Å². The Morgan fingerprint density at radius 3 is 2.40 bits per heavy atom. The van der Waals surface area contributed by atoms with Crippen LogP contribution in [0, 0.1) is 5.92 Å². The summed E-state index contributed by atoms with van der Waals surface area (Å²) < 4.78 is 0. The van der Waals surface area contributed by atoms with Gasteiger partial charge in [-0.25, -0.2) is 0 Å². The lowest BCUT2D eigenvalue weighted by molar-refractivity contribution is 0.0518. The molecule has 0 amide bonds. The van der Waals surface area contributed by atoms with Gasteiger partial charge < -0.3 is 10.2 Å². The number of hydrogen-bond acceptors (Lipinski definition) is 2. The van der Waals surface area contributed by atoms with E-state index in [1.165, 1.54) is 45.1 Å². The first-order chi connectivity index (χ1) is 7.33. The fourth-order valence-corrected chi connectivity index (χ4v) is 3.24. The SMILES string of the molecule is CCNCC1CCC1N(C)C1CCCC1. The van der Waals surface area contributed by atoms with Gasteiger partial charge in [0.05, 0.1) is 0 Å². The number of nitrogens with one attached hydrogen (secondary N) is 1. The normalized spacial score (nSPS) is 32.2. The number of nitrogens with zero attached hydrogens (tertiary/aromatic N) is 1. The third kappa shape index (κ3) is 2.54. The largest absolute Gasteiger partial charge is 0.317 e. The van der Waals surface area contributed by atoms with Crippen molar-refractivity contribution in [1.82, 2.24) is 10.2 Å². The summed E-state index contributed by atoms with van der Waals surface area (Å²) in [4.78, 5) is 2.69. The zero-order valence-corrected chi connectivity index (χ0v) is 10.3. The molecule has 2 aliphatic rings. The molecule has 1 N–H and O–H groups in total. The lowest BCUT2D eigenvalue weighted by Crippen LogP contribution is -2.51. The molecule has 0 bridgehead atoms. The number of hydrogen-bond donors (Lipinski definition) is 1. The van der Waals surface area contributed by atoms with E-state index in [-0.39, 0.29) is 0 Å². The zero-order valence-electron chi connectivity index (χ0n) is 10.3. The van der Waals surface area contributed by atoms with E-state index in [2.05, 4.69) is 24.2 Å². The predicted molar refractivity (Wildman–Crippen MR) is 65.1 cm³/mol. The van der Waals surface area contributed by atoms with Crippen LogP contribution in [0.4, 0.5) is 0 Å². The van der Waals surface area contributed by atoms with Crippen molar-refractivity contribution in [1.29, 1.82) is 0 Å². The van der Waals surface area contributed by atoms with Crippen LogP contribution in [0.1, 0.15) is 45.4 Å². The molecule has 0 aliphatic heterocycles. The van der Waals surface area contributed by atoms with Crippen LogP contribution >= 0.6 is 0 Å². The second-order valence-corrected chi connectivity index (χ2v) is 5.32. The molecular weight excluding hydrogens is 184 g/mol. The first kappa shape index (κ1) is 11.4. The molecule has 0 aromatic carbocycles. The first-order valence-electron chi connectivity index (χ1n) is 6.75. The van der Waals surface area contributed by atoms with Crippen LogP contribution in [-0.2, 0) is 0 Å². The summed E-state index contributed by atoms with van der Waals surface area (Å²) >= 11 is 0. The van der Waals surface area contributed by atoms with Gasteiger partial charge in [0.15, 0.2) is 0 Å². The summed E-state index contributed by atoms with van der Waals surface area (Å²) in [6, 6.07) is 1.78. The van der Waals surface area contributed by atoms with E-state index in [4.69, 9.17) is 0 Å². The molecule has 0 heterocycles. The molecule has 2 unspecified atom stereocenters. The molecule has 0 aromatic heterocycles. The van der Waals surface area contributed by atoms with Gasteiger partial charge in [0, 0.05) is 12.1 Å². The Balaban J connectivity index is 1.77. The van der Waals surface area contributed by atoms with Gasteiger partial charge in [0.1, 0.15) is 0 Å². The van der Waals surface area contributed by atoms with Crippen molar-refractivity contribution in [2.75, 3.05) is 20.1 Å². The molecule has 2 aliphatic carbocycles. The highest BCUT2D eigenvalue weighted by atomic mass is 15.2. The van der Waals surface area contributed by atoms with Crippen LogP contribution in [0.25, 0.3) is 0 Å². The monoisotopic (exact) mass is 210 g/mol. The quantitative estimate of drug-likeness (QED) is 0.749. The minimum Gasteiger partial charge on any atom is -0.317 e. The highest BCUT2D eigenvalue weighted by molar-refractivity contribution is 4.92. The maximum Gasteiger partial charge on any atom is 0.0136 e. The standard InChI is InChI=1S/C13H26N2/c1-3-14-10-11-8-9-13(11)15(2)12-6-4-5-7-12/h11-14H,3-10H2,1-2H3. The van der Waals surface area contributed by atoms with Gasteiger partial charge in [-0.05, 0) is 51.7 Å². The van der Waals surface area contributed by atoms with E-state index < -0.39 is 0 Å². The fraction of sp³-hybridized carbons (Fsp3) is 1.00.